The Hall–Kier alpha value is -3.35. The summed E-state index contributed by atoms with van der Waals surface area (Å²) in [5.41, 5.74) is 2.40. The number of amides is 2. The molecule has 0 fully saturated rings. The average Bonchev–Trinajstić information content (AvgIpc) is 3.07. The van der Waals surface area contributed by atoms with E-state index < -0.39 is 12.0 Å². The van der Waals surface area contributed by atoms with Crippen LogP contribution in [-0.2, 0) is 20.9 Å². The van der Waals surface area contributed by atoms with Crippen LogP contribution in [0, 0.1) is 0 Å². The number of hydrogen-bond acceptors (Lipinski definition) is 5. The largest absolute Gasteiger partial charge is 0.497 e. The molecule has 1 atom stereocenters. The Morgan fingerprint density at radius 3 is 2.52 bits per heavy atom. The Bertz CT molecular complexity index is 894. The van der Waals surface area contributed by atoms with Crippen LogP contribution < -0.4 is 10.1 Å². The molecule has 0 aliphatic carbocycles. The lowest BCUT2D eigenvalue weighted by atomic mass is 10.0. The summed E-state index contributed by atoms with van der Waals surface area (Å²) >= 11 is 0. The number of carbonyl (C=O) groups is 3. The maximum absolute atomic E-state index is 13.0. The second-order valence-corrected chi connectivity index (χ2v) is 6.67. The molecule has 0 aromatic heterocycles. The van der Waals surface area contributed by atoms with Gasteiger partial charge in [-0.15, -0.1) is 0 Å². The van der Waals surface area contributed by atoms with E-state index in [-0.39, 0.29) is 31.4 Å². The first-order chi connectivity index (χ1) is 14.0. The van der Waals surface area contributed by atoms with Crippen molar-refractivity contribution in [3.8, 4) is 5.75 Å². The molecule has 7 heteroatoms. The van der Waals surface area contributed by atoms with E-state index in [4.69, 9.17) is 9.47 Å². The summed E-state index contributed by atoms with van der Waals surface area (Å²) in [6.45, 7) is 2.19. The van der Waals surface area contributed by atoms with Crippen molar-refractivity contribution in [1.82, 2.24) is 10.2 Å². The quantitative estimate of drug-likeness (QED) is 0.693. The molecule has 29 heavy (non-hydrogen) atoms. The van der Waals surface area contributed by atoms with Gasteiger partial charge in [0, 0.05) is 12.1 Å². The molecule has 152 valence electrons. The third-order valence-electron chi connectivity index (χ3n) is 4.84. The van der Waals surface area contributed by atoms with Crippen LogP contribution in [0.4, 0.5) is 0 Å². The molecule has 7 nitrogen and oxygen atoms in total. The lowest BCUT2D eigenvalue weighted by Crippen LogP contribution is -2.36. The Labute approximate surface area is 169 Å². The van der Waals surface area contributed by atoms with Crippen molar-refractivity contribution in [2.24, 2.45) is 0 Å². The topological polar surface area (TPSA) is 84.9 Å². The number of hydrogen-bond donors (Lipinski definition) is 1. The standard InChI is InChI=1S/C22H24N2O5/c1-3-29-21(26)13-23-20(25)12-19(15-8-10-17(28-2)11-9-15)24-14-16-6-4-5-7-18(16)22(24)27/h4-11,19H,3,12-14H2,1-2H3,(H,23,25). The SMILES string of the molecule is CCOC(=O)CNC(=O)CC(c1ccc(OC)cc1)N1Cc2ccccc2C1=O. The predicted octanol–water partition coefficient (Wildman–Crippen LogP) is 2.46. The molecule has 0 saturated carbocycles. The van der Waals surface area contributed by atoms with E-state index in [2.05, 4.69) is 5.32 Å². The lowest BCUT2D eigenvalue weighted by Gasteiger charge is -2.28. The summed E-state index contributed by atoms with van der Waals surface area (Å²) in [6, 6.07) is 14.3. The van der Waals surface area contributed by atoms with E-state index >= 15 is 0 Å². The van der Waals surface area contributed by atoms with Crippen LogP contribution in [0.25, 0.3) is 0 Å². The zero-order valence-corrected chi connectivity index (χ0v) is 16.5. The highest BCUT2D eigenvalue weighted by Crippen LogP contribution is 2.34. The van der Waals surface area contributed by atoms with Crippen LogP contribution in [0.3, 0.4) is 0 Å². The molecular formula is C22H24N2O5. The number of benzene rings is 2. The van der Waals surface area contributed by atoms with Crippen LogP contribution in [0.1, 0.15) is 40.9 Å². The molecular weight excluding hydrogens is 372 g/mol. The van der Waals surface area contributed by atoms with Gasteiger partial charge < -0.3 is 19.7 Å². The molecule has 0 saturated heterocycles. The van der Waals surface area contributed by atoms with Crippen molar-refractivity contribution in [2.45, 2.75) is 25.9 Å². The van der Waals surface area contributed by atoms with E-state index in [0.29, 0.717) is 17.9 Å². The minimum atomic E-state index is -0.494. The summed E-state index contributed by atoms with van der Waals surface area (Å²) in [7, 11) is 1.58. The Kier molecular flexibility index (Phi) is 6.49. The van der Waals surface area contributed by atoms with Crippen molar-refractivity contribution in [3.05, 3.63) is 65.2 Å². The van der Waals surface area contributed by atoms with Crippen molar-refractivity contribution in [3.63, 3.8) is 0 Å². The van der Waals surface area contributed by atoms with Gasteiger partial charge in [0.05, 0.1) is 26.2 Å². The highest BCUT2D eigenvalue weighted by molar-refractivity contribution is 5.99. The average molecular weight is 396 g/mol. The second kappa shape index (κ2) is 9.23. The van der Waals surface area contributed by atoms with E-state index in [1.165, 1.54) is 0 Å². The Morgan fingerprint density at radius 1 is 1.14 bits per heavy atom. The molecule has 2 aromatic rings. The van der Waals surface area contributed by atoms with Crippen molar-refractivity contribution >= 4 is 17.8 Å². The van der Waals surface area contributed by atoms with Crippen molar-refractivity contribution in [2.75, 3.05) is 20.3 Å². The van der Waals surface area contributed by atoms with Gasteiger partial charge in [0.15, 0.2) is 0 Å². The number of fused-ring (bicyclic) bond motifs is 1. The first kappa shape index (κ1) is 20.4. The van der Waals surface area contributed by atoms with Gasteiger partial charge in [0.1, 0.15) is 12.3 Å². The number of methoxy groups -OCH3 is 1. The third kappa shape index (κ3) is 4.74. The molecule has 3 rings (SSSR count). The molecule has 0 bridgehead atoms. The van der Waals surface area contributed by atoms with Crippen LogP contribution in [0.2, 0.25) is 0 Å². The zero-order valence-electron chi connectivity index (χ0n) is 16.5. The number of nitrogens with one attached hydrogen (secondary N) is 1. The van der Waals surface area contributed by atoms with E-state index in [0.717, 1.165) is 11.1 Å². The number of esters is 1. The number of ether oxygens (including phenoxy) is 2. The molecule has 2 aromatic carbocycles. The molecule has 0 spiro atoms. The fourth-order valence-electron chi connectivity index (χ4n) is 3.39. The van der Waals surface area contributed by atoms with E-state index in [1.54, 1.807) is 37.1 Å². The lowest BCUT2D eigenvalue weighted by molar-refractivity contribution is -0.143. The van der Waals surface area contributed by atoms with E-state index in [1.807, 2.05) is 30.3 Å². The summed E-state index contributed by atoms with van der Waals surface area (Å²) in [6.07, 6.45) is 0.0332. The van der Waals surface area contributed by atoms with Gasteiger partial charge in [-0.1, -0.05) is 30.3 Å². The van der Waals surface area contributed by atoms with Crippen molar-refractivity contribution in [1.29, 1.82) is 0 Å². The maximum atomic E-state index is 13.0. The number of rotatable bonds is 8. The molecule has 1 unspecified atom stereocenters. The molecule has 1 heterocycles. The molecule has 1 aliphatic heterocycles. The first-order valence-electron chi connectivity index (χ1n) is 9.48. The Balaban J connectivity index is 1.80. The molecule has 0 radical (unpaired) electrons. The normalized spacial score (nSPS) is 13.6. The fourth-order valence-corrected chi connectivity index (χ4v) is 3.39. The summed E-state index contributed by atoms with van der Waals surface area (Å²) in [5, 5.41) is 2.57. The van der Waals surface area contributed by atoms with Gasteiger partial charge in [-0.05, 0) is 36.2 Å². The smallest absolute Gasteiger partial charge is 0.325 e. The minimum absolute atomic E-state index is 0.0332. The fraction of sp³-hybridized carbons (Fsp3) is 0.318. The van der Waals surface area contributed by atoms with Gasteiger partial charge in [-0.25, -0.2) is 0 Å². The minimum Gasteiger partial charge on any atom is -0.497 e. The Morgan fingerprint density at radius 2 is 1.86 bits per heavy atom. The highest BCUT2D eigenvalue weighted by Gasteiger charge is 2.34. The third-order valence-corrected chi connectivity index (χ3v) is 4.84. The van der Waals surface area contributed by atoms with Crippen LogP contribution in [-0.4, -0.2) is 42.9 Å². The maximum Gasteiger partial charge on any atom is 0.325 e. The summed E-state index contributed by atoms with van der Waals surface area (Å²) in [4.78, 5) is 38.7. The molecule has 2 amide bonds. The first-order valence-corrected chi connectivity index (χ1v) is 9.48. The van der Waals surface area contributed by atoms with Gasteiger partial charge in [0.2, 0.25) is 5.91 Å². The van der Waals surface area contributed by atoms with E-state index in [9.17, 15) is 14.4 Å². The van der Waals surface area contributed by atoms with Crippen LogP contribution in [0.5, 0.6) is 5.75 Å². The monoisotopic (exact) mass is 396 g/mol. The van der Waals surface area contributed by atoms with Gasteiger partial charge in [-0.3, -0.25) is 14.4 Å². The summed E-state index contributed by atoms with van der Waals surface area (Å²) < 4.78 is 10.0. The van der Waals surface area contributed by atoms with Gasteiger partial charge >= 0.3 is 5.97 Å². The predicted molar refractivity (Wildman–Crippen MR) is 106 cm³/mol. The zero-order chi connectivity index (χ0) is 20.8. The van der Waals surface area contributed by atoms with Crippen LogP contribution in [0.15, 0.2) is 48.5 Å². The highest BCUT2D eigenvalue weighted by atomic mass is 16.5. The van der Waals surface area contributed by atoms with Crippen LogP contribution >= 0.6 is 0 Å². The molecule has 1 aliphatic rings. The van der Waals surface area contributed by atoms with Gasteiger partial charge in [0.25, 0.3) is 5.91 Å². The summed E-state index contributed by atoms with van der Waals surface area (Å²) in [5.74, 6) is -0.246. The number of carbonyl (C=O) groups excluding carboxylic acids is 3. The molecule has 1 N–H and O–H groups in total. The van der Waals surface area contributed by atoms with Crippen molar-refractivity contribution < 1.29 is 23.9 Å². The number of nitrogens with zero attached hydrogens (tertiary/aromatic N) is 1. The van der Waals surface area contributed by atoms with Gasteiger partial charge in [-0.2, -0.15) is 0 Å². The second-order valence-electron chi connectivity index (χ2n) is 6.67.